The molecule has 1 unspecified atom stereocenters. The third kappa shape index (κ3) is 9.49. The van der Waals surface area contributed by atoms with Crippen LogP contribution in [-0.2, 0) is 35.3 Å². The Bertz CT molecular complexity index is 159. The molecular formula is C11H25O3W-. The summed E-state index contributed by atoms with van der Waals surface area (Å²) in [7, 11) is 1.73. The van der Waals surface area contributed by atoms with Crippen LogP contribution in [-0.4, -0.2) is 33.0 Å². The molecule has 0 aromatic rings. The quantitative estimate of drug-likeness (QED) is 0.537. The maximum Gasteiger partial charge on any atom is 0.0564 e. The van der Waals surface area contributed by atoms with Crippen molar-refractivity contribution >= 4 is 0 Å². The summed E-state index contributed by atoms with van der Waals surface area (Å²) in [5, 5.41) is 0. The van der Waals surface area contributed by atoms with Gasteiger partial charge in [-0.1, -0.05) is 34.8 Å². The van der Waals surface area contributed by atoms with Gasteiger partial charge in [0.2, 0.25) is 0 Å². The molecule has 2 saturated heterocycles. The molecule has 4 heteroatoms. The molecular weight excluding hydrogens is 364 g/mol. The van der Waals surface area contributed by atoms with Crippen LogP contribution in [0.3, 0.4) is 0 Å². The van der Waals surface area contributed by atoms with E-state index in [9.17, 15) is 0 Å². The topological polar surface area (TPSA) is 31.0 Å². The fraction of sp³-hybridized carbons (Fsp3) is 0.909. The van der Waals surface area contributed by atoms with Gasteiger partial charge in [0.25, 0.3) is 0 Å². The Kier molecular flexibility index (Phi) is 11.7. The predicted octanol–water partition coefficient (Wildman–Crippen LogP) is 2.51. The summed E-state index contributed by atoms with van der Waals surface area (Å²) in [6, 6.07) is 0. The molecule has 94 valence electrons. The van der Waals surface area contributed by atoms with Gasteiger partial charge in [-0.25, -0.2) is 0 Å². The smallest absolute Gasteiger partial charge is 0.0564 e. The fourth-order valence-corrected chi connectivity index (χ4v) is 0.950. The van der Waals surface area contributed by atoms with Crippen LogP contribution in [0.4, 0.5) is 0 Å². The molecule has 0 aromatic carbocycles. The molecule has 1 atom stereocenters. The first-order valence-corrected chi connectivity index (χ1v) is 4.14. The molecule has 0 aliphatic carbocycles. The Morgan fingerprint density at radius 1 is 1.53 bits per heavy atom. The molecule has 0 radical (unpaired) electrons. The van der Waals surface area contributed by atoms with E-state index in [1.54, 1.807) is 7.11 Å². The third-order valence-corrected chi connectivity index (χ3v) is 1.75. The van der Waals surface area contributed by atoms with Gasteiger partial charge in [-0.2, -0.15) is 7.95 Å². The molecule has 0 saturated carbocycles. The van der Waals surface area contributed by atoms with Crippen molar-refractivity contribution in [1.29, 1.82) is 0 Å². The van der Waals surface area contributed by atoms with Crippen LogP contribution in [0.1, 0.15) is 30.1 Å². The van der Waals surface area contributed by atoms with Gasteiger partial charge in [0.15, 0.2) is 0 Å². The first kappa shape index (κ1) is 17.9. The van der Waals surface area contributed by atoms with Crippen molar-refractivity contribution in [3.63, 3.8) is 0 Å². The Morgan fingerprint density at radius 2 is 1.93 bits per heavy atom. The zero-order chi connectivity index (χ0) is 9.90. The van der Waals surface area contributed by atoms with Crippen LogP contribution >= 0.6 is 0 Å². The second-order valence-electron chi connectivity index (χ2n) is 3.61. The monoisotopic (exact) mass is 390 g/mol. The summed E-state index contributed by atoms with van der Waals surface area (Å²) in [6.45, 7) is 6.99. The average molecular weight is 390 g/mol. The van der Waals surface area contributed by atoms with Gasteiger partial charge in [-0.3, -0.25) is 0 Å². The predicted molar refractivity (Wildman–Crippen MR) is 59.1 cm³/mol. The van der Waals surface area contributed by atoms with Gasteiger partial charge < -0.3 is 14.2 Å². The van der Waals surface area contributed by atoms with Crippen molar-refractivity contribution in [3.8, 4) is 0 Å². The molecule has 2 aliphatic heterocycles. The van der Waals surface area contributed by atoms with E-state index in [1.807, 2.05) is 6.92 Å². The number of methoxy groups -OCH3 is 1. The minimum atomic E-state index is 0. The maximum absolute atomic E-state index is 6.59. The first-order valence-electron chi connectivity index (χ1n) is 4.64. The SMILES string of the molecule is C.C.COCC1(C)COC1.[2H][C-]1OC1C.[W]. The van der Waals surface area contributed by atoms with E-state index in [0.29, 0.717) is 12.0 Å². The van der Waals surface area contributed by atoms with Gasteiger partial charge in [0.1, 0.15) is 0 Å². The van der Waals surface area contributed by atoms with Crippen LogP contribution in [0.25, 0.3) is 0 Å². The number of hydrogen-bond donors (Lipinski definition) is 0. The van der Waals surface area contributed by atoms with Crippen molar-refractivity contribution in [3.05, 3.63) is 6.58 Å². The number of rotatable bonds is 2. The normalized spacial score (nSPS) is 26.1. The van der Waals surface area contributed by atoms with Crippen LogP contribution in [0.5, 0.6) is 0 Å². The van der Waals surface area contributed by atoms with E-state index in [0.717, 1.165) is 19.8 Å². The molecule has 2 heterocycles. The zero-order valence-corrected chi connectivity index (χ0v) is 11.3. The van der Waals surface area contributed by atoms with Crippen molar-refractivity contribution in [2.24, 2.45) is 5.41 Å². The second-order valence-corrected chi connectivity index (χ2v) is 3.61. The van der Waals surface area contributed by atoms with Crippen LogP contribution in [0, 0.1) is 12.0 Å². The van der Waals surface area contributed by atoms with Crippen molar-refractivity contribution in [2.75, 3.05) is 26.9 Å². The van der Waals surface area contributed by atoms with Crippen molar-refractivity contribution in [1.82, 2.24) is 0 Å². The van der Waals surface area contributed by atoms with Gasteiger partial charge in [0.05, 0.1) is 19.8 Å². The number of hydrogen-bond acceptors (Lipinski definition) is 3. The second kappa shape index (κ2) is 9.77. The maximum atomic E-state index is 6.59. The van der Waals surface area contributed by atoms with E-state index >= 15 is 0 Å². The van der Waals surface area contributed by atoms with Crippen molar-refractivity contribution < 1.29 is 36.6 Å². The van der Waals surface area contributed by atoms with E-state index in [-0.39, 0.29) is 42.0 Å². The van der Waals surface area contributed by atoms with E-state index < -0.39 is 0 Å². The van der Waals surface area contributed by atoms with Crippen molar-refractivity contribution in [2.45, 2.75) is 34.8 Å². The molecule has 0 aromatic heterocycles. The Hall–Kier alpha value is 0.568. The molecule has 2 aliphatic rings. The summed E-state index contributed by atoms with van der Waals surface area (Å²) in [5.74, 6) is 0. The van der Waals surface area contributed by atoms with Gasteiger partial charge in [-0.05, 0) is 0 Å². The largest absolute Gasteiger partial charge is 0.570 e. The van der Waals surface area contributed by atoms with Crippen LogP contribution in [0.15, 0.2) is 0 Å². The molecule has 0 amide bonds. The molecule has 0 N–H and O–H groups in total. The summed E-state index contributed by atoms with van der Waals surface area (Å²) in [5.41, 5.74) is 0.328. The standard InChI is InChI=1S/C6H12O2.C3H5O.2CH4.W/c1-6(3-7-2)4-8-5-6;1-3-2-4-3;;;/h3-5H2,1-2H3;2-3H,1H3;2*1H4;/q;-1;;;/i;2D;;;. The first-order chi connectivity index (χ1) is 6.07. The number of ether oxygens (including phenoxy) is 3. The minimum Gasteiger partial charge on any atom is -0.570 e. The molecule has 15 heavy (non-hydrogen) atoms. The summed E-state index contributed by atoms with van der Waals surface area (Å²) in [6.07, 6.45) is 0.134. The molecule has 0 spiro atoms. The molecule has 2 fully saturated rings. The van der Waals surface area contributed by atoms with E-state index in [1.165, 1.54) is 0 Å². The average Bonchev–Trinajstić information content (AvgIpc) is 2.64. The van der Waals surface area contributed by atoms with E-state index in [4.69, 9.17) is 10.8 Å². The van der Waals surface area contributed by atoms with Gasteiger partial charge >= 0.3 is 0 Å². The van der Waals surface area contributed by atoms with E-state index in [2.05, 4.69) is 11.7 Å². The Balaban J connectivity index is -0.000000189. The zero-order valence-electron chi connectivity index (χ0n) is 9.33. The van der Waals surface area contributed by atoms with Crippen LogP contribution < -0.4 is 0 Å². The molecule has 0 bridgehead atoms. The fourth-order valence-electron chi connectivity index (χ4n) is 0.950. The summed E-state index contributed by atoms with van der Waals surface area (Å²) in [4.78, 5) is 0. The summed E-state index contributed by atoms with van der Waals surface area (Å²) < 4.78 is 21.1. The third-order valence-electron chi connectivity index (χ3n) is 1.75. The minimum absolute atomic E-state index is 0. The van der Waals surface area contributed by atoms with Gasteiger partial charge in [0, 0.05) is 33.6 Å². The summed E-state index contributed by atoms with van der Waals surface area (Å²) >= 11 is 0. The number of epoxide rings is 1. The van der Waals surface area contributed by atoms with Crippen LogP contribution in [0.2, 0.25) is 0 Å². The van der Waals surface area contributed by atoms with Gasteiger partial charge in [-0.15, -0.1) is 0 Å². The Labute approximate surface area is 111 Å². The molecule has 3 nitrogen and oxygen atoms in total. The Morgan fingerprint density at radius 3 is 2.00 bits per heavy atom. The molecule has 2 rings (SSSR count).